The van der Waals surface area contributed by atoms with Crippen molar-refractivity contribution in [1.29, 1.82) is 0 Å². The van der Waals surface area contributed by atoms with Crippen molar-refractivity contribution >= 4 is 41.2 Å². The molecule has 0 aliphatic rings. The van der Waals surface area contributed by atoms with Crippen LogP contribution in [-0.4, -0.2) is 51.9 Å². The normalized spacial score (nSPS) is 10.5. The van der Waals surface area contributed by atoms with E-state index < -0.39 is 41.2 Å². The summed E-state index contributed by atoms with van der Waals surface area (Å²) < 4.78 is 106. The van der Waals surface area contributed by atoms with Crippen LogP contribution in [-0.2, 0) is 74.8 Å². The number of hydrogen-bond donors (Lipinski definition) is 4. The van der Waals surface area contributed by atoms with E-state index in [-0.39, 0.29) is 33.6 Å². The van der Waals surface area contributed by atoms with E-state index in [4.69, 9.17) is 51.9 Å². The summed E-state index contributed by atoms with van der Waals surface area (Å²) in [4.78, 5) is 0. The Balaban J connectivity index is -0.0000000376. The summed E-state index contributed by atoms with van der Waals surface area (Å²) in [6.07, 6.45) is 0. The summed E-state index contributed by atoms with van der Waals surface area (Å²) in [5.74, 6) is 0. The second-order valence-electron chi connectivity index (χ2n) is 1.97. The third-order valence-electron chi connectivity index (χ3n) is 0. The molecule has 0 saturated carbocycles. The summed E-state index contributed by atoms with van der Waals surface area (Å²) in [5.41, 5.74) is 0. The Morgan fingerprint density at radius 2 is 0.409 bits per heavy atom. The van der Waals surface area contributed by atoms with Crippen LogP contribution in [0.1, 0.15) is 0 Å². The maximum atomic E-state index is 8.85. The van der Waals surface area contributed by atoms with Gasteiger partial charge in [0.05, 0.1) is 0 Å². The molecule has 0 aromatic rings. The first kappa shape index (κ1) is 38.2. The molecule has 0 aromatic heterocycles. The number of rotatable bonds is 0. The third kappa shape index (κ3) is 32000. The quantitative estimate of drug-likeness (QED) is 0.225. The van der Waals surface area contributed by atoms with Gasteiger partial charge in [0.1, 0.15) is 0 Å². The first-order chi connectivity index (χ1) is 8.00. The minimum Gasteiger partial charge on any atom is -0.736 e. The fraction of sp³-hybridized carbons (Fsp3) is 0. The third-order valence-corrected chi connectivity index (χ3v) is 0. The molecule has 22 heteroatoms. The molecule has 0 bridgehead atoms. The van der Waals surface area contributed by atoms with Crippen LogP contribution in [0.3, 0.4) is 0 Å². The monoisotopic (exact) mass is 502 g/mol. The smallest absolute Gasteiger partial charge is 0.736 e. The molecule has 2 radical (unpaired) electrons. The first-order valence-electron chi connectivity index (χ1n) is 2.94. The zero-order valence-corrected chi connectivity index (χ0v) is 14.9. The molecular formula is H8Co2N4O12S4. The standard InChI is InChI=1S/2Co.4H3NO3S/c;;4*1-5(2,3)4/h;;4*(H3,1,2,3,4)/q2*+2;;;;/p-4. The van der Waals surface area contributed by atoms with Crippen molar-refractivity contribution < 1.29 is 85.4 Å². The van der Waals surface area contributed by atoms with E-state index in [2.05, 4.69) is 20.6 Å². The molecule has 0 aliphatic carbocycles. The minimum absolute atomic E-state index is 0. The van der Waals surface area contributed by atoms with Gasteiger partial charge in [-0.25, -0.2) is 54.2 Å². The van der Waals surface area contributed by atoms with Crippen LogP contribution in [0.4, 0.5) is 0 Å². The second-order valence-corrected chi connectivity index (χ2v) is 5.91. The van der Waals surface area contributed by atoms with Gasteiger partial charge in [-0.3, -0.25) is 0 Å². The molecule has 0 aromatic carbocycles. The van der Waals surface area contributed by atoms with Crippen LogP contribution >= 0.6 is 0 Å². The summed E-state index contributed by atoms with van der Waals surface area (Å²) in [5, 5.41) is 15.1. The van der Waals surface area contributed by atoms with Crippen molar-refractivity contribution in [2.75, 3.05) is 0 Å². The molecule has 0 spiro atoms. The fourth-order valence-corrected chi connectivity index (χ4v) is 0. The van der Waals surface area contributed by atoms with Crippen molar-refractivity contribution in [3.8, 4) is 0 Å². The van der Waals surface area contributed by atoms with E-state index in [9.17, 15) is 0 Å². The molecule has 0 heterocycles. The minimum atomic E-state index is -4.42. The van der Waals surface area contributed by atoms with E-state index in [1.54, 1.807) is 0 Å². The van der Waals surface area contributed by atoms with E-state index >= 15 is 0 Å². The number of nitrogens with two attached hydrogens (primary N) is 4. The zero-order chi connectivity index (χ0) is 18.0. The van der Waals surface area contributed by atoms with Gasteiger partial charge in [0.25, 0.3) is 0 Å². The fourth-order valence-electron chi connectivity index (χ4n) is 0. The second kappa shape index (κ2) is 15.0. The summed E-state index contributed by atoms with van der Waals surface area (Å²) in [7, 11) is -17.7. The Hall–Kier alpha value is 0.493. The average Bonchev–Trinajstić information content (AvgIpc) is 1.62. The molecule has 0 aliphatic heterocycles. The maximum absolute atomic E-state index is 8.85. The molecule has 0 atom stereocenters. The van der Waals surface area contributed by atoms with E-state index in [0.29, 0.717) is 0 Å². The molecule has 22 heavy (non-hydrogen) atoms. The summed E-state index contributed by atoms with van der Waals surface area (Å²) >= 11 is 0. The predicted octanol–water partition coefficient (Wildman–Crippen LogP) is -6.38. The molecule has 0 fully saturated rings. The summed E-state index contributed by atoms with van der Waals surface area (Å²) in [6.45, 7) is 0. The van der Waals surface area contributed by atoms with Gasteiger partial charge >= 0.3 is 33.6 Å². The van der Waals surface area contributed by atoms with Crippen LogP contribution in [0.2, 0.25) is 0 Å². The van der Waals surface area contributed by atoms with Crippen LogP contribution in [0.5, 0.6) is 0 Å². The van der Waals surface area contributed by atoms with Crippen LogP contribution in [0.15, 0.2) is 0 Å². The van der Waals surface area contributed by atoms with Gasteiger partial charge in [-0.1, -0.05) is 0 Å². The van der Waals surface area contributed by atoms with Gasteiger partial charge in [-0.05, 0) is 0 Å². The van der Waals surface area contributed by atoms with Crippen molar-refractivity contribution in [2.45, 2.75) is 0 Å². The Bertz CT molecular complexity index is 490. The Kier molecular flexibility index (Phi) is 26.1. The van der Waals surface area contributed by atoms with E-state index in [1.807, 2.05) is 0 Å². The molecule has 142 valence electrons. The van der Waals surface area contributed by atoms with Crippen molar-refractivity contribution in [1.82, 2.24) is 0 Å². The first-order valence-corrected chi connectivity index (χ1v) is 8.83. The van der Waals surface area contributed by atoms with Gasteiger partial charge in [0, 0.05) is 0 Å². The van der Waals surface area contributed by atoms with Gasteiger partial charge in [0.15, 0.2) is 41.2 Å². The topological polar surface area (TPSA) is 333 Å². The van der Waals surface area contributed by atoms with Crippen molar-refractivity contribution in [3.05, 3.63) is 0 Å². The van der Waals surface area contributed by atoms with E-state index in [1.165, 1.54) is 0 Å². The average molecular weight is 502 g/mol. The molecule has 0 rings (SSSR count). The molecule has 0 unspecified atom stereocenters. The Morgan fingerprint density at radius 3 is 0.409 bits per heavy atom. The Labute approximate surface area is 146 Å². The van der Waals surface area contributed by atoms with Gasteiger partial charge in [-0.2, -0.15) is 0 Å². The molecule has 0 amide bonds. The van der Waals surface area contributed by atoms with Crippen LogP contribution < -0.4 is 20.6 Å². The number of hydrogen-bond acceptors (Lipinski definition) is 12. The zero-order valence-electron chi connectivity index (χ0n) is 9.51. The van der Waals surface area contributed by atoms with Gasteiger partial charge in [-0.15, -0.1) is 0 Å². The summed E-state index contributed by atoms with van der Waals surface area (Å²) in [6, 6.07) is 0. The molecule has 0 saturated heterocycles. The predicted molar refractivity (Wildman–Crippen MR) is 55.5 cm³/mol. The Morgan fingerprint density at radius 1 is 0.409 bits per heavy atom. The van der Waals surface area contributed by atoms with Crippen LogP contribution in [0, 0.1) is 0 Å². The molecular weight excluding hydrogens is 494 g/mol. The van der Waals surface area contributed by atoms with E-state index in [0.717, 1.165) is 0 Å². The SMILES string of the molecule is NS(=O)(=O)[O-].NS(=O)(=O)[O-].NS(=O)(=O)[O-].NS(=O)(=O)[O-].[Co+2].[Co+2]. The maximum Gasteiger partial charge on any atom is 2.00 e. The van der Waals surface area contributed by atoms with Gasteiger partial charge < -0.3 is 18.2 Å². The molecule has 8 N–H and O–H groups in total. The largest absolute Gasteiger partial charge is 2.00 e. The van der Waals surface area contributed by atoms with Crippen molar-refractivity contribution in [2.24, 2.45) is 20.6 Å². The van der Waals surface area contributed by atoms with Crippen LogP contribution in [0.25, 0.3) is 0 Å². The molecule has 16 nitrogen and oxygen atoms in total. The van der Waals surface area contributed by atoms with Gasteiger partial charge in [0.2, 0.25) is 0 Å². The van der Waals surface area contributed by atoms with Crippen molar-refractivity contribution in [3.63, 3.8) is 0 Å².